The van der Waals surface area contributed by atoms with Crippen LogP contribution in [0.2, 0.25) is 0 Å². The Labute approximate surface area is 60.4 Å². The molecule has 1 aromatic rings. The Balaban J connectivity index is 2.79. The summed E-state index contributed by atoms with van der Waals surface area (Å²) in [6.07, 6.45) is 3.24. The minimum absolute atomic E-state index is 1.07. The summed E-state index contributed by atoms with van der Waals surface area (Å²) in [5, 5.41) is 0. The largest absolute Gasteiger partial charge is 0.246 e. The lowest BCUT2D eigenvalue weighted by Crippen LogP contribution is -1.65. The van der Waals surface area contributed by atoms with Gasteiger partial charge in [0.1, 0.15) is 0 Å². The summed E-state index contributed by atoms with van der Waals surface area (Å²) in [6.45, 7) is 6.49. The lowest BCUT2D eigenvalue weighted by Gasteiger charge is -1.86. The summed E-state index contributed by atoms with van der Waals surface area (Å²) in [6, 6.07) is 9.77. The van der Waals surface area contributed by atoms with Gasteiger partial charge in [0.05, 0.1) is 6.57 Å². The van der Waals surface area contributed by atoms with E-state index >= 15 is 0 Å². The van der Waals surface area contributed by atoms with Crippen LogP contribution in [0.3, 0.4) is 0 Å². The normalized spacial score (nSPS) is 9.50. The van der Waals surface area contributed by atoms with E-state index in [9.17, 15) is 0 Å². The highest BCUT2D eigenvalue weighted by Crippen LogP contribution is 2.00. The van der Waals surface area contributed by atoms with Gasteiger partial charge >= 0.3 is 0 Å². The zero-order valence-corrected chi connectivity index (χ0v) is 5.49. The van der Waals surface area contributed by atoms with Crippen LogP contribution in [0.5, 0.6) is 0 Å². The predicted octanol–water partition coefficient (Wildman–Crippen LogP) is 2.58. The summed E-state index contributed by atoms with van der Waals surface area (Å²) in [4.78, 5) is 3.10. The molecule has 0 N–H and O–H groups in total. The molecule has 0 aliphatic heterocycles. The molecule has 1 rings (SSSR count). The summed E-state index contributed by atoms with van der Waals surface area (Å²) in [7, 11) is 0. The van der Waals surface area contributed by atoms with Gasteiger partial charge in [-0.3, -0.25) is 0 Å². The number of benzene rings is 1. The fraction of sp³-hybridized carbons (Fsp3) is 0. The minimum Gasteiger partial charge on any atom is -0.246 e. The SMILES string of the molecule is [C-]#[N+]/C=C\c1ccccc1. The first-order chi connectivity index (χ1) is 4.93. The van der Waals surface area contributed by atoms with Gasteiger partial charge in [-0.2, -0.15) is 0 Å². The lowest BCUT2D eigenvalue weighted by atomic mass is 10.2. The standard InChI is InChI=1S/C9H7N/c1-10-8-7-9-5-3-2-4-6-9/h2-8H/b8-7-. The van der Waals surface area contributed by atoms with Crippen molar-refractivity contribution in [2.24, 2.45) is 0 Å². The van der Waals surface area contributed by atoms with E-state index in [1.807, 2.05) is 30.3 Å². The highest BCUT2D eigenvalue weighted by atomic mass is 14.6. The molecule has 0 spiro atoms. The van der Waals surface area contributed by atoms with E-state index in [2.05, 4.69) is 4.85 Å². The quantitative estimate of drug-likeness (QED) is 0.513. The molecule has 0 amide bonds. The van der Waals surface area contributed by atoms with E-state index in [0.29, 0.717) is 0 Å². The topological polar surface area (TPSA) is 4.36 Å². The molecule has 0 fully saturated rings. The fourth-order valence-electron chi connectivity index (χ4n) is 0.687. The molecule has 0 heterocycles. The van der Waals surface area contributed by atoms with Crippen molar-refractivity contribution in [3.63, 3.8) is 0 Å². The van der Waals surface area contributed by atoms with Gasteiger partial charge in [0.2, 0.25) is 0 Å². The Morgan fingerprint density at radius 1 is 1.20 bits per heavy atom. The van der Waals surface area contributed by atoms with Crippen LogP contribution >= 0.6 is 0 Å². The van der Waals surface area contributed by atoms with E-state index in [0.717, 1.165) is 5.56 Å². The van der Waals surface area contributed by atoms with E-state index in [1.165, 1.54) is 6.20 Å². The van der Waals surface area contributed by atoms with Crippen LogP contribution in [0, 0.1) is 6.57 Å². The highest BCUT2D eigenvalue weighted by molar-refractivity contribution is 5.49. The number of rotatable bonds is 1. The number of nitrogens with zero attached hydrogens (tertiary/aromatic N) is 1. The van der Waals surface area contributed by atoms with Crippen LogP contribution < -0.4 is 0 Å². The van der Waals surface area contributed by atoms with Gasteiger partial charge in [-0.15, -0.1) is 0 Å². The molecule has 0 aliphatic carbocycles. The van der Waals surface area contributed by atoms with Crippen molar-refractivity contribution in [2.75, 3.05) is 0 Å². The molecule has 0 saturated heterocycles. The first-order valence-corrected chi connectivity index (χ1v) is 3.01. The Morgan fingerprint density at radius 3 is 2.50 bits per heavy atom. The third-order valence-corrected chi connectivity index (χ3v) is 1.14. The van der Waals surface area contributed by atoms with Crippen molar-refractivity contribution < 1.29 is 0 Å². The minimum atomic E-state index is 1.07. The van der Waals surface area contributed by atoms with Crippen molar-refractivity contribution in [3.8, 4) is 0 Å². The molecule has 0 atom stereocenters. The Kier molecular flexibility index (Phi) is 2.28. The van der Waals surface area contributed by atoms with E-state index in [4.69, 9.17) is 6.57 Å². The van der Waals surface area contributed by atoms with Crippen LogP contribution in [0.15, 0.2) is 36.5 Å². The van der Waals surface area contributed by atoms with Crippen molar-refractivity contribution in [1.29, 1.82) is 0 Å². The molecule has 0 radical (unpaired) electrons. The molecule has 10 heavy (non-hydrogen) atoms. The van der Waals surface area contributed by atoms with Crippen molar-refractivity contribution >= 4 is 6.08 Å². The van der Waals surface area contributed by atoms with Crippen molar-refractivity contribution in [1.82, 2.24) is 0 Å². The van der Waals surface area contributed by atoms with Gasteiger partial charge in [0, 0.05) is 0 Å². The fourth-order valence-corrected chi connectivity index (χ4v) is 0.687. The second kappa shape index (κ2) is 3.47. The zero-order chi connectivity index (χ0) is 7.23. The van der Waals surface area contributed by atoms with Gasteiger partial charge < -0.3 is 0 Å². The van der Waals surface area contributed by atoms with E-state index < -0.39 is 0 Å². The smallest absolute Gasteiger partial charge is 0.154 e. The van der Waals surface area contributed by atoms with Crippen molar-refractivity contribution in [3.05, 3.63) is 53.5 Å². The first-order valence-electron chi connectivity index (χ1n) is 3.01. The van der Waals surface area contributed by atoms with Crippen LogP contribution in [-0.2, 0) is 0 Å². The average Bonchev–Trinajstić information content (AvgIpc) is 2.03. The third kappa shape index (κ3) is 1.75. The van der Waals surface area contributed by atoms with Gasteiger partial charge in [0.25, 0.3) is 0 Å². The van der Waals surface area contributed by atoms with Crippen LogP contribution in [-0.4, -0.2) is 0 Å². The number of hydrogen-bond acceptors (Lipinski definition) is 0. The number of hydrogen-bond donors (Lipinski definition) is 0. The molecule has 1 nitrogen and oxygen atoms in total. The second-order valence-electron chi connectivity index (χ2n) is 1.86. The predicted molar refractivity (Wildman–Crippen MR) is 42.1 cm³/mol. The summed E-state index contributed by atoms with van der Waals surface area (Å²) in [5.41, 5.74) is 1.07. The molecule has 1 heteroatoms. The average molecular weight is 129 g/mol. The van der Waals surface area contributed by atoms with E-state index in [1.54, 1.807) is 6.08 Å². The Bertz CT molecular complexity index is 254. The summed E-state index contributed by atoms with van der Waals surface area (Å²) in [5.74, 6) is 0. The van der Waals surface area contributed by atoms with Gasteiger partial charge in [0.15, 0.2) is 6.20 Å². The molecule has 0 saturated carbocycles. The lowest BCUT2D eigenvalue weighted by molar-refractivity contribution is 1.66. The Morgan fingerprint density at radius 2 is 1.90 bits per heavy atom. The molecule has 48 valence electrons. The van der Waals surface area contributed by atoms with Crippen LogP contribution in [0.25, 0.3) is 10.9 Å². The van der Waals surface area contributed by atoms with Gasteiger partial charge in [-0.1, -0.05) is 36.4 Å². The maximum atomic E-state index is 6.49. The van der Waals surface area contributed by atoms with Gasteiger partial charge in [-0.05, 0) is 5.56 Å². The highest BCUT2D eigenvalue weighted by Gasteiger charge is 1.78. The van der Waals surface area contributed by atoms with Gasteiger partial charge in [-0.25, -0.2) is 4.85 Å². The van der Waals surface area contributed by atoms with E-state index in [-0.39, 0.29) is 0 Å². The van der Waals surface area contributed by atoms with Crippen molar-refractivity contribution in [2.45, 2.75) is 0 Å². The molecular formula is C9H7N. The maximum Gasteiger partial charge on any atom is 0.154 e. The third-order valence-electron chi connectivity index (χ3n) is 1.14. The maximum absolute atomic E-state index is 6.49. The summed E-state index contributed by atoms with van der Waals surface area (Å²) < 4.78 is 0. The Hall–Kier alpha value is -1.55. The molecule has 1 aromatic carbocycles. The summed E-state index contributed by atoms with van der Waals surface area (Å²) >= 11 is 0. The molecule has 0 unspecified atom stereocenters. The molecule has 0 aliphatic rings. The zero-order valence-electron chi connectivity index (χ0n) is 5.49. The molecular weight excluding hydrogens is 122 g/mol. The monoisotopic (exact) mass is 129 g/mol. The van der Waals surface area contributed by atoms with Crippen LogP contribution in [0.1, 0.15) is 5.56 Å². The molecule has 0 bridgehead atoms. The molecule has 0 aromatic heterocycles. The second-order valence-corrected chi connectivity index (χ2v) is 1.86. The van der Waals surface area contributed by atoms with Crippen LogP contribution in [0.4, 0.5) is 0 Å². The first kappa shape index (κ1) is 6.57.